The summed E-state index contributed by atoms with van der Waals surface area (Å²) in [4.78, 5) is 37.1. The Morgan fingerprint density at radius 2 is 1.79 bits per heavy atom. The Kier molecular flexibility index (Phi) is 6.42. The third-order valence-electron chi connectivity index (χ3n) is 4.93. The molecular formula is C24H16FN3O5S. The number of ether oxygens (including phenoxy) is 1. The molecule has 0 aliphatic carbocycles. The fourth-order valence-electron chi connectivity index (χ4n) is 3.32. The number of carbonyl (C=O) groups excluding carboxylic acids is 2. The average Bonchev–Trinajstić information content (AvgIpc) is 2.82. The molecule has 8 nitrogen and oxygen atoms in total. The average molecular weight is 477 g/mol. The van der Waals surface area contributed by atoms with Crippen LogP contribution in [0.3, 0.4) is 0 Å². The Hall–Kier alpha value is -4.44. The molecule has 1 aliphatic heterocycles. The molecule has 0 saturated carbocycles. The van der Waals surface area contributed by atoms with Crippen LogP contribution in [-0.4, -0.2) is 21.9 Å². The maximum absolute atomic E-state index is 14.3. The number of hydrogen-bond donors (Lipinski definition) is 1. The number of non-ortho nitro benzene ring substituents is 1. The maximum atomic E-state index is 14.3. The molecule has 0 aromatic heterocycles. The lowest BCUT2D eigenvalue weighted by Crippen LogP contribution is -2.54. The SMILES string of the molecule is O=C1NC(=S)N(c2ccccc2F)C(=O)/C1=C/c1ccccc1OCc1cccc([N+](=O)[O-])c1. The summed E-state index contributed by atoms with van der Waals surface area (Å²) in [6.45, 7) is 0.0213. The van der Waals surface area contributed by atoms with Crippen LogP contribution in [0.1, 0.15) is 11.1 Å². The van der Waals surface area contributed by atoms with Gasteiger partial charge in [0.15, 0.2) is 5.11 Å². The monoisotopic (exact) mass is 477 g/mol. The van der Waals surface area contributed by atoms with Crippen molar-refractivity contribution < 1.29 is 23.6 Å². The van der Waals surface area contributed by atoms with E-state index in [1.165, 1.54) is 36.4 Å². The van der Waals surface area contributed by atoms with E-state index in [0.717, 1.165) is 4.90 Å². The predicted octanol–water partition coefficient (Wildman–Crippen LogP) is 4.14. The number of rotatable bonds is 6. The second-order valence-electron chi connectivity index (χ2n) is 7.16. The highest BCUT2D eigenvalue weighted by molar-refractivity contribution is 7.80. The van der Waals surface area contributed by atoms with Crippen LogP contribution in [0.25, 0.3) is 6.08 Å². The molecule has 1 N–H and O–H groups in total. The Bertz CT molecular complexity index is 1360. The van der Waals surface area contributed by atoms with Crippen LogP contribution in [0.2, 0.25) is 0 Å². The fraction of sp³-hybridized carbons (Fsp3) is 0.0417. The zero-order valence-corrected chi connectivity index (χ0v) is 18.3. The molecule has 0 spiro atoms. The van der Waals surface area contributed by atoms with Gasteiger partial charge in [-0.25, -0.2) is 9.29 Å². The van der Waals surface area contributed by atoms with E-state index >= 15 is 0 Å². The minimum absolute atomic E-state index is 0.0213. The zero-order chi connectivity index (χ0) is 24.2. The summed E-state index contributed by atoms with van der Waals surface area (Å²) in [6, 6.07) is 18.2. The molecule has 1 aliphatic rings. The van der Waals surface area contributed by atoms with Gasteiger partial charge < -0.3 is 4.74 Å². The summed E-state index contributed by atoms with van der Waals surface area (Å²) in [7, 11) is 0. The van der Waals surface area contributed by atoms with Crippen molar-refractivity contribution in [1.82, 2.24) is 5.32 Å². The van der Waals surface area contributed by atoms with Gasteiger partial charge in [-0.3, -0.25) is 25.0 Å². The number of hydrogen-bond acceptors (Lipinski definition) is 6. The Morgan fingerprint density at radius 1 is 1.06 bits per heavy atom. The molecule has 2 amide bonds. The maximum Gasteiger partial charge on any atom is 0.270 e. The van der Waals surface area contributed by atoms with E-state index in [1.54, 1.807) is 42.5 Å². The van der Waals surface area contributed by atoms with Gasteiger partial charge >= 0.3 is 0 Å². The standard InChI is InChI=1S/C24H16FN3O5S/c25-19-9-2-3-10-20(19)27-23(30)18(22(29)26-24(27)34)13-16-7-1-4-11-21(16)33-14-15-6-5-8-17(12-15)28(31)32/h1-13H,14H2,(H,26,29,34)/b18-13+. The fourth-order valence-corrected chi connectivity index (χ4v) is 3.59. The first-order valence-electron chi connectivity index (χ1n) is 9.96. The van der Waals surface area contributed by atoms with Crippen LogP contribution in [0.15, 0.2) is 78.4 Å². The first-order valence-corrected chi connectivity index (χ1v) is 10.4. The van der Waals surface area contributed by atoms with Crippen LogP contribution in [0.4, 0.5) is 15.8 Å². The summed E-state index contributed by atoms with van der Waals surface area (Å²) in [6.07, 6.45) is 1.33. The minimum Gasteiger partial charge on any atom is -0.488 e. The number of thiocarbonyl (C=S) groups is 1. The zero-order valence-electron chi connectivity index (χ0n) is 17.4. The molecule has 0 bridgehead atoms. The van der Waals surface area contributed by atoms with Crippen molar-refractivity contribution in [2.45, 2.75) is 6.61 Å². The molecule has 3 aromatic carbocycles. The molecule has 1 heterocycles. The number of nitro benzene ring substituents is 1. The molecule has 4 rings (SSSR count). The van der Waals surface area contributed by atoms with Gasteiger partial charge in [0.1, 0.15) is 23.7 Å². The molecule has 0 radical (unpaired) electrons. The number of amides is 2. The van der Waals surface area contributed by atoms with Gasteiger partial charge in [-0.1, -0.05) is 42.5 Å². The van der Waals surface area contributed by atoms with Gasteiger partial charge in [0.25, 0.3) is 17.5 Å². The highest BCUT2D eigenvalue weighted by atomic mass is 32.1. The van der Waals surface area contributed by atoms with Gasteiger partial charge in [-0.15, -0.1) is 0 Å². The summed E-state index contributed by atoms with van der Waals surface area (Å²) in [5.41, 5.74) is 0.569. The number of nitrogens with zero attached hydrogens (tertiary/aromatic N) is 2. The summed E-state index contributed by atoms with van der Waals surface area (Å²) < 4.78 is 20.1. The Labute approximate surface area is 198 Å². The Balaban J connectivity index is 1.63. The number of nitrogens with one attached hydrogen (secondary N) is 1. The molecule has 10 heteroatoms. The third kappa shape index (κ3) is 4.66. The quantitative estimate of drug-likeness (QED) is 0.188. The molecule has 1 saturated heterocycles. The van der Waals surface area contributed by atoms with E-state index in [0.29, 0.717) is 16.9 Å². The predicted molar refractivity (Wildman–Crippen MR) is 126 cm³/mol. The number of carbonyl (C=O) groups is 2. The third-order valence-corrected chi connectivity index (χ3v) is 5.21. The van der Waals surface area contributed by atoms with Crippen molar-refractivity contribution in [3.63, 3.8) is 0 Å². The topological polar surface area (TPSA) is 102 Å². The highest BCUT2D eigenvalue weighted by Gasteiger charge is 2.35. The lowest BCUT2D eigenvalue weighted by molar-refractivity contribution is -0.384. The van der Waals surface area contributed by atoms with Crippen LogP contribution in [-0.2, 0) is 16.2 Å². The second-order valence-corrected chi connectivity index (χ2v) is 7.55. The summed E-state index contributed by atoms with van der Waals surface area (Å²) >= 11 is 5.10. The molecule has 170 valence electrons. The van der Waals surface area contributed by atoms with Crippen molar-refractivity contribution in [2.75, 3.05) is 4.90 Å². The first kappa shape index (κ1) is 22.7. The van der Waals surface area contributed by atoms with Gasteiger partial charge in [-0.2, -0.15) is 0 Å². The van der Waals surface area contributed by atoms with E-state index in [1.807, 2.05) is 0 Å². The van der Waals surface area contributed by atoms with E-state index in [4.69, 9.17) is 17.0 Å². The van der Waals surface area contributed by atoms with Crippen LogP contribution < -0.4 is 15.0 Å². The lowest BCUT2D eigenvalue weighted by atomic mass is 10.1. The molecular weight excluding hydrogens is 461 g/mol. The van der Waals surface area contributed by atoms with Crippen LogP contribution >= 0.6 is 12.2 Å². The smallest absolute Gasteiger partial charge is 0.270 e. The second kappa shape index (κ2) is 9.59. The van der Waals surface area contributed by atoms with Gasteiger partial charge in [0, 0.05) is 17.7 Å². The number of benzene rings is 3. The molecule has 0 atom stereocenters. The first-order chi connectivity index (χ1) is 16.3. The van der Waals surface area contributed by atoms with E-state index < -0.39 is 22.6 Å². The van der Waals surface area contributed by atoms with E-state index in [-0.39, 0.29) is 28.7 Å². The van der Waals surface area contributed by atoms with Gasteiger partial charge in [0.05, 0.1) is 10.6 Å². The molecule has 34 heavy (non-hydrogen) atoms. The number of nitro groups is 1. The molecule has 0 unspecified atom stereocenters. The van der Waals surface area contributed by atoms with Crippen molar-refractivity contribution in [2.24, 2.45) is 0 Å². The normalized spacial score (nSPS) is 14.8. The van der Waals surface area contributed by atoms with E-state index in [2.05, 4.69) is 5.32 Å². The molecule has 1 fully saturated rings. The van der Waals surface area contributed by atoms with E-state index in [9.17, 15) is 24.1 Å². The van der Waals surface area contributed by atoms with Gasteiger partial charge in [-0.05, 0) is 42.1 Å². The van der Waals surface area contributed by atoms with Crippen molar-refractivity contribution >= 4 is 46.6 Å². The molecule has 3 aromatic rings. The summed E-state index contributed by atoms with van der Waals surface area (Å²) in [5, 5.41) is 13.2. The highest BCUT2D eigenvalue weighted by Crippen LogP contribution is 2.27. The van der Waals surface area contributed by atoms with Crippen molar-refractivity contribution in [3.8, 4) is 5.75 Å². The van der Waals surface area contributed by atoms with Crippen molar-refractivity contribution in [1.29, 1.82) is 0 Å². The van der Waals surface area contributed by atoms with Crippen LogP contribution in [0.5, 0.6) is 5.75 Å². The minimum atomic E-state index is -0.785. The lowest BCUT2D eigenvalue weighted by Gasteiger charge is -2.29. The number of para-hydroxylation sites is 2. The Morgan fingerprint density at radius 3 is 2.56 bits per heavy atom. The van der Waals surface area contributed by atoms with Gasteiger partial charge in [0.2, 0.25) is 0 Å². The summed E-state index contributed by atoms with van der Waals surface area (Å²) in [5.74, 6) is -1.84. The van der Waals surface area contributed by atoms with Crippen LogP contribution in [0, 0.1) is 15.9 Å². The largest absolute Gasteiger partial charge is 0.488 e. The number of anilines is 1. The number of halogens is 1. The van der Waals surface area contributed by atoms with Crippen molar-refractivity contribution in [3.05, 3.63) is 105 Å².